The van der Waals surface area contributed by atoms with Crippen LogP contribution in [0.4, 0.5) is 5.69 Å². The highest BCUT2D eigenvalue weighted by atomic mass is 16.6. The molecule has 1 aromatic rings. The standard InChI is InChI=1S/C13H19NO2/c1-4-13(15)11-7-5-6-8-12(11)14-16-9-10(2)3/h5-8,10,14H,4,9H2,1-3H3. The molecule has 1 rings (SSSR count). The van der Waals surface area contributed by atoms with Gasteiger partial charge in [-0.2, -0.15) is 0 Å². The fourth-order valence-corrected chi connectivity index (χ4v) is 1.29. The van der Waals surface area contributed by atoms with Crippen molar-refractivity contribution in [3.63, 3.8) is 0 Å². The van der Waals surface area contributed by atoms with E-state index in [1.807, 2.05) is 31.2 Å². The van der Waals surface area contributed by atoms with Crippen LogP contribution in [0.25, 0.3) is 0 Å². The number of ketones is 1. The van der Waals surface area contributed by atoms with Gasteiger partial charge in [0.25, 0.3) is 0 Å². The number of rotatable bonds is 6. The summed E-state index contributed by atoms with van der Waals surface area (Å²) in [6.07, 6.45) is 0.503. The second-order valence-corrected chi connectivity index (χ2v) is 4.13. The van der Waals surface area contributed by atoms with E-state index < -0.39 is 0 Å². The SMILES string of the molecule is CCC(=O)c1ccccc1NOCC(C)C. The van der Waals surface area contributed by atoms with E-state index in [4.69, 9.17) is 4.84 Å². The van der Waals surface area contributed by atoms with Crippen LogP contribution in [0.3, 0.4) is 0 Å². The molecule has 0 aliphatic heterocycles. The fourth-order valence-electron chi connectivity index (χ4n) is 1.29. The number of para-hydroxylation sites is 1. The van der Waals surface area contributed by atoms with Gasteiger partial charge in [-0.05, 0) is 18.1 Å². The largest absolute Gasteiger partial charge is 0.294 e. The summed E-state index contributed by atoms with van der Waals surface area (Å²) in [5, 5.41) is 0. The zero-order valence-electron chi connectivity index (χ0n) is 10.1. The summed E-state index contributed by atoms with van der Waals surface area (Å²) in [5.74, 6) is 0.581. The molecule has 0 aliphatic carbocycles. The molecule has 0 radical (unpaired) electrons. The molecule has 1 aromatic carbocycles. The van der Waals surface area contributed by atoms with Crippen LogP contribution in [0, 0.1) is 5.92 Å². The van der Waals surface area contributed by atoms with E-state index in [-0.39, 0.29) is 5.78 Å². The minimum atomic E-state index is 0.122. The van der Waals surface area contributed by atoms with E-state index >= 15 is 0 Å². The number of benzene rings is 1. The third-order valence-corrected chi connectivity index (χ3v) is 2.15. The molecule has 0 aromatic heterocycles. The molecule has 0 fully saturated rings. The lowest BCUT2D eigenvalue weighted by Gasteiger charge is -2.11. The molecule has 0 atom stereocenters. The van der Waals surface area contributed by atoms with Crippen molar-refractivity contribution in [1.82, 2.24) is 0 Å². The molecule has 16 heavy (non-hydrogen) atoms. The predicted molar refractivity (Wildman–Crippen MR) is 65.5 cm³/mol. The highest BCUT2D eigenvalue weighted by molar-refractivity contribution is 6.00. The van der Waals surface area contributed by atoms with Gasteiger partial charge in [0.2, 0.25) is 0 Å². The van der Waals surface area contributed by atoms with Crippen molar-refractivity contribution in [1.29, 1.82) is 0 Å². The summed E-state index contributed by atoms with van der Waals surface area (Å²) in [7, 11) is 0. The van der Waals surface area contributed by atoms with Crippen LogP contribution < -0.4 is 5.48 Å². The van der Waals surface area contributed by atoms with Gasteiger partial charge in [-0.25, -0.2) is 0 Å². The Hall–Kier alpha value is -1.35. The zero-order valence-corrected chi connectivity index (χ0v) is 10.1. The molecule has 0 unspecified atom stereocenters. The molecule has 0 aliphatic rings. The lowest BCUT2D eigenvalue weighted by atomic mass is 10.1. The summed E-state index contributed by atoms with van der Waals surface area (Å²) < 4.78 is 0. The van der Waals surface area contributed by atoms with E-state index in [0.29, 0.717) is 24.5 Å². The Morgan fingerprint density at radius 2 is 2.06 bits per heavy atom. The van der Waals surface area contributed by atoms with E-state index in [1.165, 1.54) is 0 Å². The second-order valence-electron chi connectivity index (χ2n) is 4.13. The normalized spacial score (nSPS) is 10.5. The van der Waals surface area contributed by atoms with Gasteiger partial charge in [0.1, 0.15) is 0 Å². The topological polar surface area (TPSA) is 38.3 Å². The van der Waals surface area contributed by atoms with Crippen molar-refractivity contribution < 1.29 is 9.63 Å². The number of hydrogen-bond donors (Lipinski definition) is 1. The number of anilines is 1. The molecule has 3 heteroatoms. The average Bonchev–Trinajstić information content (AvgIpc) is 2.28. The average molecular weight is 221 g/mol. The summed E-state index contributed by atoms with van der Waals surface area (Å²) in [6.45, 7) is 6.62. The molecule has 0 saturated heterocycles. The van der Waals surface area contributed by atoms with Gasteiger partial charge >= 0.3 is 0 Å². The van der Waals surface area contributed by atoms with Gasteiger partial charge < -0.3 is 0 Å². The Kier molecular flexibility index (Phi) is 4.99. The van der Waals surface area contributed by atoms with Crippen molar-refractivity contribution >= 4 is 11.5 Å². The number of carbonyl (C=O) groups excluding carboxylic acids is 1. The summed E-state index contributed by atoms with van der Waals surface area (Å²) in [4.78, 5) is 16.9. The maximum atomic E-state index is 11.6. The molecular formula is C13H19NO2. The van der Waals surface area contributed by atoms with Gasteiger partial charge in [-0.15, -0.1) is 0 Å². The Morgan fingerprint density at radius 1 is 1.38 bits per heavy atom. The molecule has 1 N–H and O–H groups in total. The second kappa shape index (κ2) is 6.28. The molecule has 0 heterocycles. The van der Waals surface area contributed by atoms with Crippen molar-refractivity contribution in [2.24, 2.45) is 5.92 Å². The van der Waals surface area contributed by atoms with E-state index in [9.17, 15) is 4.79 Å². The van der Waals surface area contributed by atoms with Crippen molar-refractivity contribution in [3.05, 3.63) is 29.8 Å². The van der Waals surface area contributed by atoms with Crippen LogP contribution in [-0.4, -0.2) is 12.4 Å². The monoisotopic (exact) mass is 221 g/mol. The quantitative estimate of drug-likeness (QED) is 0.591. The van der Waals surface area contributed by atoms with Crippen LogP contribution >= 0.6 is 0 Å². The molecule has 0 amide bonds. The minimum absolute atomic E-state index is 0.122. The lowest BCUT2D eigenvalue weighted by molar-refractivity contribution is 0.0986. The van der Waals surface area contributed by atoms with E-state index in [0.717, 1.165) is 5.69 Å². The minimum Gasteiger partial charge on any atom is -0.294 e. The Labute approximate surface area is 96.8 Å². The lowest BCUT2D eigenvalue weighted by Crippen LogP contribution is -2.10. The van der Waals surface area contributed by atoms with Crippen LogP contribution in [0.15, 0.2) is 24.3 Å². The molecule has 0 spiro atoms. The van der Waals surface area contributed by atoms with Crippen LogP contribution in [-0.2, 0) is 4.84 Å². The first-order valence-electron chi connectivity index (χ1n) is 5.65. The Morgan fingerprint density at radius 3 is 2.69 bits per heavy atom. The first kappa shape index (κ1) is 12.7. The predicted octanol–water partition coefficient (Wildman–Crippen LogP) is 3.28. The number of nitrogens with one attached hydrogen (secondary N) is 1. The molecule has 0 saturated carbocycles. The van der Waals surface area contributed by atoms with Gasteiger partial charge in [0.15, 0.2) is 5.78 Å². The zero-order chi connectivity index (χ0) is 12.0. The van der Waals surface area contributed by atoms with Gasteiger partial charge in [0, 0.05) is 12.0 Å². The van der Waals surface area contributed by atoms with Crippen molar-refractivity contribution in [2.45, 2.75) is 27.2 Å². The Balaban J connectivity index is 2.67. The Bertz CT molecular complexity index is 348. The smallest absolute Gasteiger partial charge is 0.164 e. The number of carbonyl (C=O) groups is 1. The van der Waals surface area contributed by atoms with Crippen molar-refractivity contribution in [3.8, 4) is 0 Å². The summed E-state index contributed by atoms with van der Waals surface area (Å²) >= 11 is 0. The highest BCUT2D eigenvalue weighted by Crippen LogP contribution is 2.16. The fraction of sp³-hybridized carbons (Fsp3) is 0.462. The molecule has 88 valence electrons. The van der Waals surface area contributed by atoms with Gasteiger partial charge in [-0.1, -0.05) is 32.9 Å². The van der Waals surface area contributed by atoms with Gasteiger partial charge in [-0.3, -0.25) is 15.1 Å². The summed E-state index contributed by atoms with van der Waals surface area (Å²) in [5.41, 5.74) is 4.27. The maximum absolute atomic E-state index is 11.6. The first-order chi connectivity index (χ1) is 7.65. The third kappa shape index (κ3) is 3.66. The highest BCUT2D eigenvalue weighted by Gasteiger charge is 2.08. The van der Waals surface area contributed by atoms with Gasteiger partial charge in [0.05, 0.1) is 12.3 Å². The molecule has 3 nitrogen and oxygen atoms in total. The van der Waals surface area contributed by atoms with E-state index in [1.54, 1.807) is 0 Å². The third-order valence-electron chi connectivity index (χ3n) is 2.15. The number of Topliss-reactive ketones (excluding diaryl/α,β-unsaturated/α-hetero) is 1. The first-order valence-corrected chi connectivity index (χ1v) is 5.65. The summed E-state index contributed by atoms with van der Waals surface area (Å²) in [6, 6.07) is 7.40. The van der Waals surface area contributed by atoms with Crippen LogP contribution in [0.2, 0.25) is 0 Å². The van der Waals surface area contributed by atoms with Crippen molar-refractivity contribution in [2.75, 3.05) is 12.1 Å². The molecule has 0 bridgehead atoms. The van der Waals surface area contributed by atoms with Crippen LogP contribution in [0.1, 0.15) is 37.6 Å². The number of hydrogen-bond acceptors (Lipinski definition) is 3. The molecular weight excluding hydrogens is 202 g/mol. The maximum Gasteiger partial charge on any atom is 0.164 e. The van der Waals surface area contributed by atoms with Crippen LogP contribution in [0.5, 0.6) is 0 Å². The van der Waals surface area contributed by atoms with E-state index in [2.05, 4.69) is 19.3 Å².